The van der Waals surface area contributed by atoms with Crippen molar-refractivity contribution < 1.29 is 0 Å². The zero-order chi connectivity index (χ0) is 32.3. The van der Waals surface area contributed by atoms with E-state index in [1.54, 1.807) is 0 Å². The molecule has 10 rings (SSSR count). The van der Waals surface area contributed by atoms with Gasteiger partial charge in [-0.2, -0.15) is 0 Å². The summed E-state index contributed by atoms with van der Waals surface area (Å²) in [6, 6.07) is 70.1. The summed E-state index contributed by atoms with van der Waals surface area (Å²) >= 11 is 0. The Morgan fingerprint density at radius 2 is 0.776 bits per heavy atom. The fraction of sp³-hybridized carbons (Fsp3) is 0. The Morgan fingerprint density at radius 3 is 1.43 bits per heavy atom. The first-order chi connectivity index (χ1) is 24.3. The lowest BCUT2D eigenvalue weighted by molar-refractivity contribution is 1.63. The molecule has 0 bridgehead atoms. The maximum absolute atomic E-state index is 2.54. The number of fused-ring (bicyclic) bond motifs is 7. The van der Waals surface area contributed by atoms with Gasteiger partial charge in [0.1, 0.15) is 15.9 Å². The minimum Gasteiger partial charge on any atom is -0.0622 e. The number of benzene rings is 9. The van der Waals surface area contributed by atoms with Crippen molar-refractivity contribution in [3.8, 4) is 44.5 Å². The van der Waals surface area contributed by atoms with Gasteiger partial charge in [-0.3, -0.25) is 0 Å². The molecule has 0 saturated carbocycles. The molecular weight excluding hydrogens is 608 g/mol. The Morgan fingerprint density at radius 1 is 0.286 bits per heavy atom. The Labute approximate surface area is 287 Å². The largest absolute Gasteiger partial charge is 0.110 e. The molecule has 9 aromatic carbocycles. The molecule has 0 saturated heterocycles. The van der Waals surface area contributed by atoms with Gasteiger partial charge >= 0.3 is 0 Å². The van der Waals surface area contributed by atoms with Crippen molar-refractivity contribution in [2.24, 2.45) is 0 Å². The van der Waals surface area contributed by atoms with Crippen LogP contribution in [0.25, 0.3) is 76.8 Å². The summed E-state index contributed by atoms with van der Waals surface area (Å²) in [5.41, 5.74) is 10.4. The quantitative estimate of drug-likeness (QED) is 0.130. The van der Waals surface area contributed by atoms with Gasteiger partial charge in [-0.25, -0.2) is 0 Å². The third kappa shape index (κ3) is 4.56. The van der Waals surface area contributed by atoms with Gasteiger partial charge in [-0.05, 0) is 108 Å². The van der Waals surface area contributed by atoms with Crippen molar-refractivity contribution >= 4 is 56.2 Å². The maximum Gasteiger partial charge on any atom is 0.110 e. The van der Waals surface area contributed by atoms with E-state index in [0.717, 1.165) is 0 Å². The standard InChI is InChI=1S/C48H31P/c1-3-14-32(15-4-1)34-18-11-20-37(28-34)49(38-21-12-19-35(29-38)33-16-5-2-6-17-33)46-31-36-30-45-40-23-8-7-22-39(40)42-26-13-27-44(48(42)45)47(36)43-25-10-9-24-41(43)46/h1-31H/p+1. The van der Waals surface area contributed by atoms with E-state index in [0.29, 0.717) is 0 Å². The van der Waals surface area contributed by atoms with Crippen LogP contribution < -0.4 is 15.9 Å². The molecule has 0 fully saturated rings. The van der Waals surface area contributed by atoms with Crippen LogP contribution in [0.4, 0.5) is 0 Å². The van der Waals surface area contributed by atoms with Gasteiger partial charge in [0.05, 0.1) is 7.92 Å². The highest BCUT2D eigenvalue weighted by atomic mass is 31.1. The van der Waals surface area contributed by atoms with E-state index in [1.807, 2.05) is 0 Å². The zero-order valence-electron chi connectivity index (χ0n) is 26.9. The molecule has 0 amide bonds. The topological polar surface area (TPSA) is 0 Å². The average molecular weight is 640 g/mol. The van der Waals surface area contributed by atoms with Gasteiger partial charge in [-0.1, -0.05) is 152 Å². The number of hydrogen-bond acceptors (Lipinski definition) is 0. The monoisotopic (exact) mass is 639 g/mol. The van der Waals surface area contributed by atoms with Crippen LogP contribution in [0.2, 0.25) is 0 Å². The first-order valence-corrected chi connectivity index (χ1v) is 18.5. The van der Waals surface area contributed by atoms with E-state index >= 15 is 0 Å². The van der Waals surface area contributed by atoms with E-state index in [9.17, 15) is 0 Å². The average Bonchev–Trinajstić information content (AvgIpc) is 3.50. The molecule has 1 aliphatic rings. The summed E-state index contributed by atoms with van der Waals surface area (Å²) in [5, 5.41) is 12.3. The minimum absolute atomic E-state index is 1.25. The highest BCUT2D eigenvalue weighted by molar-refractivity contribution is 7.80. The third-order valence-corrected chi connectivity index (χ3v) is 13.0. The van der Waals surface area contributed by atoms with E-state index in [1.165, 1.54) is 92.7 Å². The molecular formula is C48H32P+. The zero-order valence-corrected chi connectivity index (χ0v) is 27.9. The normalized spacial score (nSPS) is 11.9. The fourth-order valence-electron chi connectivity index (χ4n) is 8.13. The lowest BCUT2D eigenvalue weighted by atomic mass is 9.93. The molecule has 0 unspecified atom stereocenters. The lowest BCUT2D eigenvalue weighted by Crippen LogP contribution is -2.22. The van der Waals surface area contributed by atoms with Gasteiger partial charge < -0.3 is 0 Å². The summed E-state index contributed by atoms with van der Waals surface area (Å²) in [5.74, 6) is 0. The molecule has 1 heteroatoms. The second-order valence-electron chi connectivity index (χ2n) is 13.0. The smallest absolute Gasteiger partial charge is 0.0622 e. The second-order valence-corrected chi connectivity index (χ2v) is 15.5. The predicted molar refractivity (Wildman–Crippen MR) is 214 cm³/mol. The number of hydrogen-bond donors (Lipinski definition) is 0. The maximum atomic E-state index is 2.54. The molecule has 0 heterocycles. The predicted octanol–water partition coefficient (Wildman–Crippen LogP) is 11.6. The van der Waals surface area contributed by atoms with Crippen LogP contribution in [-0.4, -0.2) is 0 Å². The van der Waals surface area contributed by atoms with Crippen LogP contribution in [0.1, 0.15) is 0 Å². The summed E-state index contributed by atoms with van der Waals surface area (Å²) in [4.78, 5) is 0. The molecule has 0 spiro atoms. The first-order valence-electron chi connectivity index (χ1n) is 17.0. The Kier molecular flexibility index (Phi) is 6.57. The summed E-state index contributed by atoms with van der Waals surface area (Å²) in [6.07, 6.45) is 0. The van der Waals surface area contributed by atoms with Crippen molar-refractivity contribution in [1.29, 1.82) is 0 Å². The van der Waals surface area contributed by atoms with E-state index in [4.69, 9.17) is 0 Å². The van der Waals surface area contributed by atoms with Crippen LogP contribution in [0.5, 0.6) is 0 Å². The van der Waals surface area contributed by atoms with Gasteiger partial charge in [0.2, 0.25) is 0 Å². The molecule has 1 aliphatic carbocycles. The van der Waals surface area contributed by atoms with Crippen LogP contribution >= 0.6 is 7.92 Å². The third-order valence-electron chi connectivity index (χ3n) is 10.3. The van der Waals surface area contributed by atoms with Crippen LogP contribution in [0.15, 0.2) is 188 Å². The van der Waals surface area contributed by atoms with E-state index < -0.39 is 7.92 Å². The molecule has 0 radical (unpaired) electrons. The SMILES string of the molecule is c1ccc(-c2cccc([PH+](c3cccc(-c4ccccc4)c3)c3cc4cc5c6c(cccc6c4c4ccccc34)-c3ccccc3-5)c2)cc1. The van der Waals surface area contributed by atoms with Gasteiger partial charge in [0, 0.05) is 5.39 Å². The lowest BCUT2D eigenvalue weighted by Gasteiger charge is -2.18. The molecule has 0 aliphatic heterocycles. The Balaban J connectivity index is 1.28. The van der Waals surface area contributed by atoms with Crippen LogP contribution in [0, 0.1) is 0 Å². The highest BCUT2D eigenvalue weighted by Crippen LogP contribution is 2.51. The van der Waals surface area contributed by atoms with Gasteiger partial charge in [0.25, 0.3) is 0 Å². The van der Waals surface area contributed by atoms with Crippen LogP contribution in [-0.2, 0) is 0 Å². The second kappa shape index (κ2) is 11.4. The fourth-order valence-corrected chi connectivity index (χ4v) is 11.0. The highest BCUT2D eigenvalue weighted by Gasteiger charge is 2.31. The molecule has 0 nitrogen and oxygen atoms in total. The van der Waals surface area contributed by atoms with Gasteiger partial charge in [0.15, 0.2) is 0 Å². The molecule has 0 atom stereocenters. The van der Waals surface area contributed by atoms with Crippen LogP contribution in [0.3, 0.4) is 0 Å². The van der Waals surface area contributed by atoms with Crippen molar-refractivity contribution in [2.75, 3.05) is 0 Å². The Bertz CT molecular complexity index is 2620. The van der Waals surface area contributed by atoms with Crippen molar-refractivity contribution in [3.05, 3.63) is 188 Å². The molecule has 0 aromatic heterocycles. The minimum atomic E-state index is -1.47. The summed E-state index contributed by atoms with van der Waals surface area (Å²) in [7, 11) is -1.47. The van der Waals surface area contributed by atoms with Crippen molar-refractivity contribution in [3.63, 3.8) is 0 Å². The Hall–Kier alpha value is -5.81. The van der Waals surface area contributed by atoms with E-state index in [2.05, 4.69) is 188 Å². The first kappa shape index (κ1) is 28.2. The molecule has 228 valence electrons. The summed E-state index contributed by atoms with van der Waals surface area (Å²) in [6.45, 7) is 0. The van der Waals surface area contributed by atoms with E-state index in [-0.39, 0.29) is 0 Å². The van der Waals surface area contributed by atoms with Crippen molar-refractivity contribution in [2.45, 2.75) is 0 Å². The van der Waals surface area contributed by atoms with Crippen molar-refractivity contribution in [1.82, 2.24) is 0 Å². The molecule has 9 aromatic rings. The molecule has 49 heavy (non-hydrogen) atoms. The number of rotatable bonds is 5. The van der Waals surface area contributed by atoms with Gasteiger partial charge in [-0.15, -0.1) is 0 Å². The summed E-state index contributed by atoms with van der Waals surface area (Å²) < 4.78 is 0. The molecule has 0 N–H and O–H groups in total.